The van der Waals surface area contributed by atoms with Crippen LogP contribution in [0.3, 0.4) is 0 Å². The van der Waals surface area contributed by atoms with E-state index in [9.17, 15) is 10.4 Å². The van der Waals surface area contributed by atoms with Crippen LogP contribution in [-0.4, -0.2) is 75.7 Å². The summed E-state index contributed by atoms with van der Waals surface area (Å²) in [5.74, 6) is 3.35. The van der Waals surface area contributed by atoms with Crippen molar-refractivity contribution in [2.24, 2.45) is 11.8 Å². The van der Waals surface area contributed by atoms with Gasteiger partial charge in [-0.15, -0.1) is 0 Å². The van der Waals surface area contributed by atoms with Crippen LogP contribution >= 0.6 is 0 Å². The molecule has 1 N–H and O–H groups in total. The molecule has 0 aliphatic carbocycles. The number of anilines is 1. The fourth-order valence-electron chi connectivity index (χ4n) is 5.85. The molecule has 0 bridgehead atoms. The zero-order chi connectivity index (χ0) is 28.6. The molecule has 4 aromatic rings. The van der Waals surface area contributed by atoms with Crippen LogP contribution in [0.2, 0.25) is 0 Å². The number of nitrogens with zero attached hydrogens (tertiary/aromatic N) is 7. The molecule has 6 rings (SSSR count). The molecule has 3 aromatic heterocycles. The Bertz CT molecular complexity index is 1570. The summed E-state index contributed by atoms with van der Waals surface area (Å²) in [6.45, 7) is 8.48. The van der Waals surface area contributed by atoms with E-state index in [0.717, 1.165) is 49.7 Å². The van der Waals surface area contributed by atoms with Crippen molar-refractivity contribution in [1.82, 2.24) is 25.1 Å². The number of hydrogen-bond acceptors (Lipinski definition) is 10. The van der Waals surface area contributed by atoms with E-state index in [2.05, 4.69) is 37.1 Å². The minimum absolute atomic E-state index is 0.117. The quantitative estimate of drug-likeness (QED) is 0.347. The number of rotatable bonds is 8. The first-order valence-electron chi connectivity index (χ1n) is 13.8. The molecular weight excluding hydrogens is 518 g/mol. The summed E-state index contributed by atoms with van der Waals surface area (Å²) in [6, 6.07) is 13.9. The first-order valence-corrected chi connectivity index (χ1v) is 13.8. The lowest BCUT2D eigenvalue weighted by Crippen LogP contribution is -2.29. The van der Waals surface area contributed by atoms with Gasteiger partial charge in [-0.05, 0) is 55.0 Å². The standard InChI is InChI=1S/C31H33N7O3/c1-31(2,39)19-41-25-8-26(30-22(10-32)13-35-36-27(30)9-25)21-5-6-28(33-12-21)38-17-23-15-37(16-24(23)18-38)14-20-4-7-29(40-3)34-11-20/h4-9,11-13,23-24,39H,14-19H2,1-3H3/t23-,24+. The molecule has 41 heavy (non-hydrogen) atoms. The smallest absolute Gasteiger partial charge is 0.212 e. The molecule has 5 heterocycles. The van der Waals surface area contributed by atoms with Crippen molar-refractivity contribution in [2.75, 3.05) is 44.8 Å². The molecule has 2 aliphatic rings. The molecule has 0 amide bonds. The lowest BCUT2D eigenvalue weighted by atomic mass is 9.99. The predicted molar refractivity (Wildman–Crippen MR) is 155 cm³/mol. The van der Waals surface area contributed by atoms with Gasteiger partial charge in [0, 0.05) is 68.2 Å². The summed E-state index contributed by atoms with van der Waals surface area (Å²) in [5.41, 5.74) is 2.85. The molecule has 1 aromatic carbocycles. The third-order valence-corrected chi connectivity index (χ3v) is 7.78. The molecule has 10 nitrogen and oxygen atoms in total. The van der Waals surface area contributed by atoms with Crippen LogP contribution < -0.4 is 14.4 Å². The van der Waals surface area contributed by atoms with Crippen LogP contribution in [0.4, 0.5) is 5.82 Å². The highest BCUT2D eigenvalue weighted by Gasteiger charge is 2.40. The number of ether oxygens (including phenoxy) is 2. The maximum atomic E-state index is 10.1. The Labute approximate surface area is 239 Å². The maximum absolute atomic E-state index is 10.1. The molecule has 0 saturated carbocycles. The summed E-state index contributed by atoms with van der Waals surface area (Å²) < 4.78 is 11.0. The van der Waals surface area contributed by atoms with Crippen molar-refractivity contribution in [1.29, 1.82) is 5.26 Å². The van der Waals surface area contributed by atoms with Gasteiger partial charge >= 0.3 is 0 Å². The van der Waals surface area contributed by atoms with E-state index in [-0.39, 0.29) is 6.61 Å². The van der Waals surface area contributed by atoms with Crippen LogP contribution in [0, 0.1) is 23.2 Å². The fraction of sp³-hybridized carbons (Fsp3) is 0.387. The molecule has 2 fully saturated rings. The molecular formula is C31H33N7O3. The third-order valence-electron chi connectivity index (χ3n) is 7.78. The largest absolute Gasteiger partial charge is 0.491 e. The Hall–Kier alpha value is -4.33. The van der Waals surface area contributed by atoms with Crippen molar-refractivity contribution in [2.45, 2.75) is 26.0 Å². The number of aliphatic hydroxyl groups is 1. The van der Waals surface area contributed by atoms with Gasteiger partial charge in [0.25, 0.3) is 0 Å². The van der Waals surface area contributed by atoms with Crippen LogP contribution in [0.25, 0.3) is 22.0 Å². The number of likely N-dealkylation sites (tertiary alicyclic amines) is 1. The van der Waals surface area contributed by atoms with E-state index in [0.29, 0.717) is 39.9 Å². The van der Waals surface area contributed by atoms with Gasteiger partial charge in [-0.2, -0.15) is 15.5 Å². The topological polar surface area (TPSA) is 121 Å². The highest BCUT2D eigenvalue weighted by molar-refractivity contribution is 5.99. The number of methoxy groups -OCH3 is 1. The second-order valence-electron chi connectivity index (χ2n) is 11.6. The molecule has 2 aliphatic heterocycles. The van der Waals surface area contributed by atoms with Crippen molar-refractivity contribution < 1.29 is 14.6 Å². The van der Waals surface area contributed by atoms with Crippen LogP contribution in [0.1, 0.15) is 25.0 Å². The van der Waals surface area contributed by atoms with Gasteiger partial charge in [-0.1, -0.05) is 6.07 Å². The van der Waals surface area contributed by atoms with Crippen LogP contribution in [0.5, 0.6) is 11.6 Å². The van der Waals surface area contributed by atoms with Crippen molar-refractivity contribution in [3.63, 3.8) is 0 Å². The van der Waals surface area contributed by atoms with E-state index >= 15 is 0 Å². The molecule has 0 radical (unpaired) electrons. The average Bonchev–Trinajstić information content (AvgIpc) is 3.54. The van der Waals surface area contributed by atoms with Crippen LogP contribution in [0.15, 0.2) is 55.0 Å². The maximum Gasteiger partial charge on any atom is 0.212 e. The van der Waals surface area contributed by atoms with Gasteiger partial charge in [0.2, 0.25) is 5.88 Å². The zero-order valence-electron chi connectivity index (χ0n) is 23.5. The highest BCUT2D eigenvalue weighted by Crippen LogP contribution is 2.37. The Morgan fingerprint density at radius 2 is 1.83 bits per heavy atom. The molecule has 2 saturated heterocycles. The van der Waals surface area contributed by atoms with Gasteiger partial charge < -0.3 is 19.5 Å². The van der Waals surface area contributed by atoms with Crippen molar-refractivity contribution in [3.8, 4) is 28.8 Å². The van der Waals surface area contributed by atoms with Crippen molar-refractivity contribution >= 4 is 16.7 Å². The monoisotopic (exact) mass is 551 g/mol. The minimum Gasteiger partial charge on any atom is -0.491 e. The van der Waals surface area contributed by atoms with E-state index in [1.165, 1.54) is 11.8 Å². The van der Waals surface area contributed by atoms with Crippen LogP contribution in [-0.2, 0) is 6.54 Å². The molecule has 210 valence electrons. The number of pyridine rings is 2. The van der Waals surface area contributed by atoms with Gasteiger partial charge in [-0.25, -0.2) is 9.97 Å². The summed E-state index contributed by atoms with van der Waals surface area (Å²) in [7, 11) is 1.63. The van der Waals surface area contributed by atoms with Gasteiger partial charge in [0.05, 0.1) is 30.0 Å². The molecule has 0 spiro atoms. The second kappa shape index (κ2) is 10.9. The normalized spacial score (nSPS) is 18.9. The minimum atomic E-state index is -0.990. The lowest BCUT2D eigenvalue weighted by Gasteiger charge is -2.22. The Morgan fingerprint density at radius 3 is 2.46 bits per heavy atom. The number of nitriles is 1. The summed E-state index contributed by atoms with van der Waals surface area (Å²) in [6.07, 6.45) is 5.22. The second-order valence-corrected chi connectivity index (χ2v) is 11.6. The number of aromatic nitrogens is 4. The zero-order valence-corrected chi connectivity index (χ0v) is 23.5. The van der Waals surface area contributed by atoms with E-state index in [4.69, 9.17) is 14.5 Å². The van der Waals surface area contributed by atoms with E-state index < -0.39 is 5.60 Å². The first kappa shape index (κ1) is 26.9. The average molecular weight is 552 g/mol. The van der Waals surface area contributed by atoms with Gasteiger partial charge in [0.1, 0.15) is 24.2 Å². The highest BCUT2D eigenvalue weighted by atomic mass is 16.5. The third kappa shape index (κ3) is 5.78. The molecule has 0 unspecified atom stereocenters. The van der Waals surface area contributed by atoms with Gasteiger partial charge in [0.15, 0.2) is 0 Å². The summed E-state index contributed by atoms with van der Waals surface area (Å²) in [4.78, 5) is 14.1. The summed E-state index contributed by atoms with van der Waals surface area (Å²) in [5, 5.41) is 28.8. The summed E-state index contributed by atoms with van der Waals surface area (Å²) >= 11 is 0. The van der Waals surface area contributed by atoms with E-state index in [1.54, 1.807) is 27.0 Å². The fourth-order valence-corrected chi connectivity index (χ4v) is 5.85. The van der Waals surface area contributed by atoms with Crippen molar-refractivity contribution in [3.05, 3.63) is 66.1 Å². The van der Waals surface area contributed by atoms with Gasteiger partial charge in [-0.3, -0.25) is 4.90 Å². The SMILES string of the molecule is COc1ccc(CN2C[C@@H]3CN(c4ccc(-c5cc(OCC(C)(C)O)cc6nncc(C#N)c56)cn4)C[C@@H]3C2)cn1. The molecule has 2 atom stereocenters. The molecule has 10 heteroatoms. The number of benzene rings is 1. The Balaban J connectivity index is 1.17. The Kier molecular flexibility index (Phi) is 7.15. The number of fused-ring (bicyclic) bond motifs is 2. The Morgan fingerprint density at radius 1 is 1.02 bits per heavy atom. The number of hydrogen-bond donors (Lipinski definition) is 1. The van der Waals surface area contributed by atoms with E-state index in [1.807, 2.05) is 36.7 Å². The predicted octanol–water partition coefficient (Wildman–Crippen LogP) is 3.68. The first-order chi connectivity index (χ1) is 19.8. The lowest BCUT2D eigenvalue weighted by molar-refractivity contribution is 0.0285.